The largest absolute Gasteiger partial charge is 0.389 e. The summed E-state index contributed by atoms with van der Waals surface area (Å²) in [5.74, 6) is 0. The second-order valence-corrected chi connectivity index (χ2v) is 5.37. The van der Waals surface area contributed by atoms with Gasteiger partial charge in [-0.15, -0.1) is 0 Å². The van der Waals surface area contributed by atoms with E-state index in [0.717, 1.165) is 19.4 Å². The van der Waals surface area contributed by atoms with Crippen LogP contribution in [-0.2, 0) is 9.47 Å². The molecule has 0 bridgehead atoms. The van der Waals surface area contributed by atoms with Gasteiger partial charge in [-0.25, -0.2) is 0 Å². The first-order valence-electron chi connectivity index (χ1n) is 5.96. The third-order valence-corrected chi connectivity index (χ3v) is 2.95. The van der Waals surface area contributed by atoms with Crippen LogP contribution in [0, 0.1) is 0 Å². The highest BCUT2D eigenvalue weighted by atomic mass is 16.5. The molecule has 2 unspecified atom stereocenters. The lowest BCUT2D eigenvalue weighted by molar-refractivity contribution is -0.0325. The van der Waals surface area contributed by atoms with Crippen LogP contribution in [0.25, 0.3) is 0 Å². The molecule has 0 spiro atoms. The third kappa shape index (κ3) is 4.78. The highest BCUT2D eigenvalue weighted by molar-refractivity contribution is 4.82. The molecule has 0 aromatic carbocycles. The molecule has 0 aromatic rings. The summed E-state index contributed by atoms with van der Waals surface area (Å²) in [6.45, 7) is 6.17. The maximum Gasteiger partial charge on any atom is 0.0899 e. The first-order chi connectivity index (χ1) is 7.43. The van der Waals surface area contributed by atoms with E-state index in [2.05, 4.69) is 18.7 Å². The standard InChI is InChI=1S/C12H25NO3/c1-12(2)6-5-11(16-12)8-13(3)7-10(14)9-15-4/h10-11,14H,5-9H2,1-4H3. The first-order valence-corrected chi connectivity index (χ1v) is 5.96. The van der Waals surface area contributed by atoms with Crippen LogP contribution in [0.1, 0.15) is 26.7 Å². The summed E-state index contributed by atoms with van der Waals surface area (Å²) >= 11 is 0. The molecule has 0 aliphatic carbocycles. The van der Waals surface area contributed by atoms with Crippen molar-refractivity contribution in [3.05, 3.63) is 0 Å². The minimum absolute atomic E-state index is 0.0245. The number of hydrogen-bond acceptors (Lipinski definition) is 4. The minimum atomic E-state index is -0.413. The summed E-state index contributed by atoms with van der Waals surface area (Å²) in [5, 5.41) is 9.59. The Morgan fingerprint density at radius 1 is 1.56 bits per heavy atom. The number of ether oxygens (including phenoxy) is 2. The van der Waals surface area contributed by atoms with Gasteiger partial charge in [-0.05, 0) is 33.7 Å². The summed E-state index contributed by atoms with van der Waals surface area (Å²) in [5.41, 5.74) is 0.0245. The van der Waals surface area contributed by atoms with Crippen LogP contribution in [0.5, 0.6) is 0 Å². The van der Waals surface area contributed by atoms with Gasteiger partial charge < -0.3 is 19.5 Å². The van der Waals surface area contributed by atoms with Crippen LogP contribution >= 0.6 is 0 Å². The lowest BCUT2D eigenvalue weighted by Gasteiger charge is -2.25. The van der Waals surface area contributed by atoms with E-state index in [9.17, 15) is 5.11 Å². The summed E-state index contributed by atoms with van der Waals surface area (Å²) in [7, 11) is 3.61. The van der Waals surface area contributed by atoms with E-state index < -0.39 is 6.10 Å². The molecule has 0 aromatic heterocycles. The monoisotopic (exact) mass is 231 g/mol. The number of likely N-dealkylation sites (N-methyl/N-ethyl adjacent to an activating group) is 1. The molecule has 96 valence electrons. The normalized spacial score (nSPS) is 26.2. The summed E-state index contributed by atoms with van der Waals surface area (Å²) in [6.07, 6.45) is 2.11. The number of hydrogen-bond donors (Lipinski definition) is 1. The van der Waals surface area contributed by atoms with Crippen LogP contribution in [-0.4, -0.2) is 61.7 Å². The van der Waals surface area contributed by atoms with E-state index in [4.69, 9.17) is 9.47 Å². The molecule has 2 atom stereocenters. The smallest absolute Gasteiger partial charge is 0.0899 e. The molecule has 1 aliphatic rings. The Morgan fingerprint density at radius 3 is 2.75 bits per heavy atom. The number of rotatable bonds is 6. The Hall–Kier alpha value is -0.160. The van der Waals surface area contributed by atoms with Crippen LogP contribution in [0.2, 0.25) is 0 Å². The van der Waals surface area contributed by atoms with Crippen molar-refractivity contribution in [1.29, 1.82) is 0 Å². The van der Waals surface area contributed by atoms with Gasteiger partial charge in [0, 0.05) is 20.2 Å². The van der Waals surface area contributed by atoms with E-state index in [-0.39, 0.29) is 5.60 Å². The maximum atomic E-state index is 9.59. The Bertz CT molecular complexity index is 208. The van der Waals surface area contributed by atoms with E-state index in [1.54, 1.807) is 7.11 Å². The summed E-state index contributed by atoms with van der Waals surface area (Å²) < 4.78 is 10.8. The van der Waals surface area contributed by atoms with E-state index in [1.165, 1.54) is 0 Å². The fourth-order valence-corrected chi connectivity index (χ4v) is 2.23. The van der Waals surface area contributed by atoms with Crippen molar-refractivity contribution in [2.45, 2.75) is 44.5 Å². The van der Waals surface area contributed by atoms with Crippen molar-refractivity contribution in [2.75, 3.05) is 33.9 Å². The van der Waals surface area contributed by atoms with Gasteiger partial charge in [0.15, 0.2) is 0 Å². The van der Waals surface area contributed by atoms with Crippen molar-refractivity contribution in [3.8, 4) is 0 Å². The van der Waals surface area contributed by atoms with Gasteiger partial charge in [-0.2, -0.15) is 0 Å². The Kier molecular flexibility index (Phi) is 5.18. The van der Waals surface area contributed by atoms with Gasteiger partial charge in [0.25, 0.3) is 0 Å². The van der Waals surface area contributed by atoms with Crippen LogP contribution in [0.15, 0.2) is 0 Å². The summed E-state index contributed by atoms with van der Waals surface area (Å²) in [6, 6.07) is 0. The molecule has 0 amide bonds. The Balaban J connectivity index is 2.22. The van der Waals surface area contributed by atoms with Crippen molar-refractivity contribution >= 4 is 0 Å². The number of methoxy groups -OCH3 is 1. The van der Waals surface area contributed by atoms with Crippen molar-refractivity contribution in [2.24, 2.45) is 0 Å². The predicted molar refractivity (Wildman–Crippen MR) is 63.6 cm³/mol. The molecule has 4 heteroatoms. The molecule has 1 N–H and O–H groups in total. The molecule has 1 heterocycles. The molecule has 0 radical (unpaired) electrons. The van der Waals surface area contributed by atoms with E-state index >= 15 is 0 Å². The lowest BCUT2D eigenvalue weighted by Crippen LogP contribution is -2.37. The highest BCUT2D eigenvalue weighted by Crippen LogP contribution is 2.29. The summed E-state index contributed by atoms with van der Waals surface area (Å²) in [4.78, 5) is 2.11. The number of nitrogens with zero attached hydrogens (tertiary/aromatic N) is 1. The molecule has 1 saturated heterocycles. The average molecular weight is 231 g/mol. The second kappa shape index (κ2) is 5.96. The highest BCUT2D eigenvalue weighted by Gasteiger charge is 2.32. The predicted octanol–water partition coefficient (Wildman–Crippen LogP) is 0.883. The Labute approximate surface area is 98.5 Å². The van der Waals surface area contributed by atoms with Gasteiger partial charge in [0.1, 0.15) is 0 Å². The van der Waals surface area contributed by atoms with Gasteiger partial charge in [0.05, 0.1) is 24.4 Å². The molecular weight excluding hydrogens is 206 g/mol. The van der Waals surface area contributed by atoms with Crippen LogP contribution in [0.3, 0.4) is 0 Å². The van der Waals surface area contributed by atoms with Gasteiger partial charge >= 0.3 is 0 Å². The molecule has 0 saturated carbocycles. The fraction of sp³-hybridized carbons (Fsp3) is 1.00. The number of aliphatic hydroxyl groups is 1. The van der Waals surface area contributed by atoms with Crippen molar-refractivity contribution in [1.82, 2.24) is 4.90 Å². The van der Waals surface area contributed by atoms with E-state index in [1.807, 2.05) is 7.05 Å². The van der Waals surface area contributed by atoms with Gasteiger partial charge in [-0.3, -0.25) is 0 Å². The minimum Gasteiger partial charge on any atom is -0.389 e. The van der Waals surface area contributed by atoms with Crippen LogP contribution in [0.4, 0.5) is 0 Å². The van der Waals surface area contributed by atoms with Crippen molar-refractivity contribution < 1.29 is 14.6 Å². The van der Waals surface area contributed by atoms with Gasteiger partial charge in [0.2, 0.25) is 0 Å². The van der Waals surface area contributed by atoms with Crippen LogP contribution < -0.4 is 0 Å². The molecule has 1 rings (SSSR count). The van der Waals surface area contributed by atoms with Gasteiger partial charge in [-0.1, -0.05) is 0 Å². The fourth-order valence-electron chi connectivity index (χ4n) is 2.23. The zero-order valence-electron chi connectivity index (χ0n) is 10.9. The zero-order valence-corrected chi connectivity index (χ0v) is 10.9. The SMILES string of the molecule is COCC(O)CN(C)CC1CCC(C)(C)O1. The van der Waals surface area contributed by atoms with E-state index in [0.29, 0.717) is 19.3 Å². The molecular formula is C12H25NO3. The topological polar surface area (TPSA) is 41.9 Å². The average Bonchev–Trinajstić information content (AvgIpc) is 2.45. The molecule has 16 heavy (non-hydrogen) atoms. The third-order valence-electron chi connectivity index (χ3n) is 2.95. The zero-order chi connectivity index (χ0) is 12.2. The molecule has 1 aliphatic heterocycles. The number of aliphatic hydroxyl groups excluding tert-OH is 1. The quantitative estimate of drug-likeness (QED) is 0.737. The maximum absolute atomic E-state index is 9.59. The lowest BCUT2D eigenvalue weighted by atomic mass is 10.1. The second-order valence-electron chi connectivity index (χ2n) is 5.37. The molecule has 1 fully saturated rings. The first kappa shape index (κ1) is 13.9. The van der Waals surface area contributed by atoms with Crippen molar-refractivity contribution in [3.63, 3.8) is 0 Å². The Morgan fingerprint density at radius 2 is 2.25 bits per heavy atom. The molecule has 4 nitrogen and oxygen atoms in total.